The molecular formula is C11H13BrN2O. The highest BCUT2D eigenvalue weighted by molar-refractivity contribution is 9.10. The average molecular weight is 269 g/mol. The lowest BCUT2D eigenvalue weighted by atomic mass is 10.1. The van der Waals surface area contributed by atoms with Gasteiger partial charge in [0.2, 0.25) is 0 Å². The molecule has 1 fully saturated rings. The van der Waals surface area contributed by atoms with Crippen LogP contribution in [0.15, 0.2) is 22.7 Å². The van der Waals surface area contributed by atoms with E-state index in [0.29, 0.717) is 6.04 Å². The maximum Gasteiger partial charge on any atom is 0.143 e. The molecule has 1 unspecified atom stereocenters. The smallest absolute Gasteiger partial charge is 0.143 e. The number of halogens is 1. The Labute approximate surface area is 97.5 Å². The first-order valence-electron chi connectivity index (χ1n) is 5.24. The summed E-state index contributed by atoms with van der Waals surface area (Å²) in [6.45, 7) is 3.95. The summed E-state index contributed by atoms with van der Waals surface area (Å²) in [5.41, 5.74) is 1.23. The number of hydrogen-bond acceptors (Lipinski definition) is 3. The molecule has 0 amide bonds. The molecule has 3 rings (SSSR count). The summed E-state index contributed by atoms with van der Waals surface area (Å²) in [4.78, 5) is 2.45. The molecule has 0 bridgehead atoms. The van der Waals surface area contributed by atoms with Gasteiger partial charge < -0.3 is 15.0 Å². The van der Waals surface area contributed by atoms with Crippen LogP contribution in [0.4, 0.5) is 5.69 Å². The van der Waals surface area contributed by atoms with Crippen LogP contribution in [0, 0.1) is 0 Å². The van der Waals surface area contributed by atoms with Crippen molar-refractivity contribution in [2.24, 2.45) is 0 Å². The number of rotatable bonds is 0. The number of fused-ring (bicyclic) bond motifs is 3. The zero-order valence-corrected chi connectivity index (χ0v) is 9.96. The summed E-state index contributed by atoms with van der Waals surface area (Å²) in [6, 6.07) is 6.75. The third-order valence-corrected chi connectivity index (χ3v) is 3.51. The van der Waals surface area contributed by atoms with Crippen molar-refractivity contribution >= 4 is 21.6 Å². The van der Waals surface area contributed by atoms with Gasteiger partial charge in [-0.2, -0.15) is 0 Å². The summed E-state index contributed by atoms with van der Waals surface area (Å²) in [5, 5.41) is 3.40. The lowest BCUT2D eigenvalue weighted by Crippen LogP contribution is -2.55. The van der Waals surface area contributed by atoms with E-state index in [1.807, 2.05) is 6.07 Å². The fourth-order valence-corrected chi connectivity index (χ4v) is 2.59. The molecule has 1 aromatic carbocycles. The molecule has 0 aromatic heterocycles. The van der Waals surface area contributed by atoms with E-state index in [1.165, 1.54) is 5.69 Å². The first-order valence-corrected chi connectivity index (χ1v) is 6.03. The highest BCUT2D eigenvalue weighted by Gasteiger charge is 2.29. The van der Waals surface area contributed by atoms with Gasteiger partial charge in [0.15, 0.2) is 0 Å². The Morgan fingerprint density at radius 2 is 2.40 bits per heavy atom. The van der Waals surface area contributed by atoms with Crippen molar-refractivity contribution in [2.45, 2.75) is 6.04 Å². The van der Waals surface area contributed by atoms with Gasteiger partial charge >= 0.3 is 0 Å². The Kier molecular flexibility index (Phi) is 2.33. The number of benzene rings is 1. The highest BCUT2D eigenvalue weighted by Crippen LogP contribution is 2.36. The number of nitrogens with zero attached hydrogens (tertiary/aromatic N) is 1. The fourth-order valence-electron chi connectivity index (χ4n) is 2.25. The van der Waals surface area contributed by atoms with E-state index in [-0.39, 0.29) is 0 Å². The van der Waals surface area contributed by atoms with E-state index in [9.17, 15) is 0 Å². The minimum Gasteiger partial charge on any atom is -0.489 e. The second kappa shape index (κ2) is 3.68. The molecule has 2 aliphatic rings. The summed E-state index contributed by atoms with van der Waals surface area (Å²) in [5.74, 6) is 1.00. The first kappa shape index (κ1) is 9.48. The predicted molar refractivity (Wildman–Crippen MR) is 63.6 cm³/mol. The summed E-state index contributed by atoms with van der Waals surface area (Å²) in [7, 11) is 0. The van der Waals surface area contributed by atoms with Gasteiger partial charge in [-0.1, -0.05) is 15.9 Å². The molecule has 15 heavy (non-hydrogen) atoms. The van der Waals surface area contributed by atoms with Gasteiger partial charge in [-0.3, -0.25) is 0 Å². The van der Waals surface area contributed by atoms with Crippen molar-refractivity contribution in [3.63, 3.8) is 0 Å². The van der Waals surface area contributed by atoms with E-state index < -0.39 is 0 Å². The molecule has 3 nitrogen and oxygen atoms in total. The zero-order chi connectivity index (χ0) is 10.3. The molecule has 1 aromatic rings. The molecule has 2 aliphatic heterocycles. The molecule has 2 heterocycles. The number of hydrogen-bond donors (Lipinski definition) is 1. The summed E-state index contributed by atoms with van der Waals surface area (Å²) < 4.78 is 6.84. The lowest BCUT2D eigenvalue weighted by molar-refractivity contribution is 0.247. The third kappa shape index (κ3) is 1.62. The molecule has 0 spiro atoms. The van der Waals surface area contributed by atoms with Crippen LogP contribution in [0.25, 0.3) is 0 Å². The molecule has 1 N–H and O–H groups in total. The van der Waals surface area contributed by atoms with E-state index in [1.54, 1.807) is 0 Å². The minimum absolute atomic E-state index is 0.493. The van der Waals surface area contributed by atoms with Crippen LogP contribution < -0.4 is 15.0 Å². The Bertz CT molecular complexity index is 383. The molecule has 0 aliphatic carbocycles. The predicted octanol–water partition coefficient (Wildman–Crippen LogP) is 1.62. The van der Waals surface area contributed by atoms with Gasteiger partial charge in [-0.15, -0.1) is 0 Å². The number of nitrogens with one attached hydrogen (secondary N) is 1. The van der Waals surface area contributed by atoms with E-state index >= 15 is 0 Å². The van der Waals surface area contributed by atoms with Crippen LogP contribution in [0.2, 0.25) is 0 Å². The molecule has 0 radical (unpaired) electrons. The summed E-state index contributed by atoms with van der Waals surface area (Å²) >= 11 is 3.47. The number of ether oxygens (including phenoxy) is 1. The van der Waals surface area contributed by atoms with Crippen LogP contribution in [0.3, 0.4) is 0 Å². The van der Waals surface area contributed by atoms with Crippen molar-refractivity contribution in [2.75, 3.05) is 31.1 Å². The minimum atomic E-state index is 0.493. The van der Waals surface area contributed by atoms with Crippen LogP contribution in [-0.2, 0) is 0 Å². The molecule has 0 saturated carbocycles. The third-order valence-electron chi connectivity index (χ3n) is 3.01. The van der Waals surface area contributed by atoms with Crippen LogP contribution in [0.5, 0.6) is 5.75 Å². The lowest BCUT2D eigenvalue weighted by Gasteiger charge is -2.41. The Morgan fingerprint density at radius 3 is 3.33 bits per heavy atom. The van der Waals surface area contributed by atoms with Gasteiger partial charge in [-0.25, -0.2) is 0 Å². The monoisotopic (exact) mass is 268 g/mol. The maximum absolute atomic E-state index is 5.76. The Hall–Kier alpha value is -0.740. The van der Waals surface area contributed by atoms with Crippen molar-refractivity contribution in [1.29, 1.82) is 0 Å². The van der Waals surface area contributed by atoms with Gasteiger partial charge in [0.25, 0.3) is 0 Å². The van der Waals surface area contributed by atoms with E-state index in [4.69, 9.17) is 4.74 Å². The Morgan fingerprint density at radius 1 is 1.47 bits per heavy atom. The van der Waals surface area contributed by atoms with Crippen molar-refractivity contribution in [3.8, 4) is 5.75 Å². The Balaban J connectivity index is 1.99. The normalized spacial score (nSPS) is 24.1. The van der Waals surface area contributed by atoms with Crippen molar-refractivity contribution < 1.29 is 4.74 Å². The highest BCUT2D eigenvalue weighted by atomic mass is 79.9. The zero-order valence-electron chi connectivity index (χ0n) is 8.37. The maximum atomic E-state index is 5.76. The van der Waals surface area contributed by atoms with E-state index in [2.05, 4.69) is 38.3 Å². The van der Waals surface area contributed by atoms with Crippen LogP contribution in [-0.4, -0.2) is 32.3 Å². The average Bonchev–Trinajstić information content (AvgIpc) is 2.28. The largest absolute Gasteiger partial charge is 0.489 e. The molecule has 1 saturated heterocycles. The number of anilines is 1. The standard InChI is InChI=1S/C11H13BrN2O/c12-8-1-2-10-11(5-8)15-7-9-6-13-3-4-14(9)10/h1-2,5,9,13H,3-4,6-7H2. The topological polar surface area (TPSA) is 24.5 Å². The fraction of sp³-hybridized carbons (Fsp3) is 0.455. The second-order valence-electron chi connectivity index (χ2n) is 3.97. The van der Waals surface area contributed by atoms with Gasteiger partial charge in [0.1, 0.15) is 12.4 Å². The van der Waals surface area contributed by atoms with Gasteiger partial charge in [0.05, 0.1) is 11.7 Å². The SMILES string of the molecule is Brc1ccc2c(c1)OCC1CNCCN21. The van der Waals surface area contributed by atoms with Crippen molar-refractivity contribution in [3.05, 3.63) is 22.7 Å². The summed E-state index contributed by atoms with van der Waals surface area (Å²) in [6.07, 6.45) is 0. The van der Waals surface area contributed by atoms with Gasteiger partial charge in [0, 0.05) is 24.1 Å². The van der Waals surface area contributed by atoms with Crippen molar-refractivity contribution in [1.82, 2.24) is 5.32 Å². The second-order valence-corrected chi connectivity index (χ2v) is 4.89. The van der Waals surface area contributed by atoms with E-state index in [0.717, 1.165) is 36.5 Å². The van der Waals surface area contributed by atoms with Crippen LogP contribution in [0.1, 0.15) is 0 Å². The first-order chi connectivity index (χ1) is 7.34. The quantitative estimate of drug-likeness (QED) is 0.774. The molecule has 1 atom stereocenters. The number of piperazine rings is 1. The van der Waals surface area contributed by atoms with Gasteiger partial charge in [-0.05, 0) is 18.2 Å². The molecular weight excluding hydrogens is 256 g/mol. The molecule has 80 valence electrons. The molecule has 4 heteroatoms. The van der Waals surface area contributed by atoms with Crippen LogP contribution >= 0.6 is 15.9 Å².